The van der Waals surface area contributed by atoms with Gasteiger partial charge in [-0.05, 0) is 54.7 Å². The van der Waals surface area contributed by atoms with E-state index in [0.717, 1.165) is 12.8 Å². The van der Waals surface area contributed by atoms with E-state index >= 15 is 0 Å². The van der Waals surface area contributed by atoms with Crippen molar-refractivity contribution >= 4 is 6.03 Å². The normalized spacial score (nSPS) is 23.2. The van der Waals surface area contributed by atoms with Crippen molar-refractivity contribution < 1.29 is 14.6 Å². The van der Waals surface area contributed by atoms with Gasteiger partial charge in [0.1, 0.15) is 0 Å². The molecular formula is C18H26N2O3. The average molecular weight is 318 g/mol. The second-order valence-corrected chi connectivity index (χ2v) is 6.60. The minimum atomic E-state index is -0.534. The Morgan fingerprint density at radius 1 is 1.48 bits per heavy atom. The maximum atomic E-state index is 12.1. The van der Waals surface area contributed by atoms with Gasteiger partial charge in [0.25, 0.3) is 0 Å². The molecule has 0 aromatic heterocycles. The lowest BCUT2D eigenvalue weighted by atomic mass is 9.84. The number of benzene rings is 1. The van der Waals surface area contributed by atoms with Gasteiger partial charge in [-0.25, -0.2) is 4.79 Å². The second kappa shape index (κ2) is 7.32. The first-order valence-corrected chi connectivity index (χ1v) is 8.52. The summed E-state index contributed by atoms with van der Waals surface area (Å²) in [4.78, 5) is 12.1. The predicted octanol–water partition coefficient (Wildman–Crippen LogP) is 2.25. The van der Waals surface area contributed by atoms with Gasteiger partial charge in [0.2, 0.25) is 0 Å². The van der Waals surface area contributed by atoms with Crippen molar-refractivity contribution in [2.75, 3.05) is 20.3 Å². The van der Waals surface area contributed by atoms with E-state index in [-0.39, 0.29) is 12.1 Å². The highest BCUT2D eigenvalue weighted by Gasteiger charge is 2.35. The van der Waals surface area contributed by atoms with Crippen LogP contribution < -0.4 is 10.6 Å². The first-order valence-electron chi connectivity index (χ1n) is 8.52. The number of rotatable bonds is 6. The van der Waals surface area contributed by atoms with Gasteiger partial charge >= 0.3 is 6.03 Å². The topological polar surface area (TPSA) is 70.6 Å². The standard InChI is InChI=1S/C18H26N2O3/c1-23-11-14(21)8-9-19-18(22)20-16-10-13-6-2-4-12-5-3-7-15(16)17(12)13/h3,5,7,13-14,16,21H,2,4,6,8-11H2,1H3,(H2,19,20,22). The van der Waals surface area contributed by atoms with Crippen LogP contribution in [0.1, 0.15) is 54.3 Å². The molecule has 0 bridgehead atoms. The quantitative estimate of drug-likeness (QED) is 0.753. The van der Waals surface area contributed by atoms with E-state index in [1.165, 1.54) is 29.5 Å². The monoisotopic (exact) mass is 318 g/mol. The Hall–Kier alpha value is -1.59. The summed E-state index contributed by atoms with van der Waals surface area (Å²) < 4.78 is 4.87. The van der Waals surface area contributed by atoms with Crippen LogP contribution in [0.2, 0.25) is 0 Å². The number of methoxy groups -OCH3 is 1. The number of aliphatic hydroxyl groups excluding tert-OH is 1. The molecule has 1 aromatic carbocycles. The molecule has 3 N–H and O–H groups in total. The fourth-order valence-corrected chi connectivity index (χ4v) is 3.96. The third-order valence-corrected chi connectivity index (χ3v) is 4.96. The molecule has 3 atom stereocenters. The molecule has 1 aromatic rings. The summed E-state index contributed by atoms with van der Waals surface area (Å²) >= 11 is 0. The van der Waals surface area contributed by atoms with E-state index in [2.05, 4.69) is 28.8 Å². The lowest BCUT2D eigenvalue weighted by Crippen LogP contribution is -2.38. The first kappa shape index (κ1) is 16.3. The Morgan fingerprint density at radius 3 is 3.17 bits per heavy atom. The van der Waals surface area contributed by atoms with Crippen LogP contribution in [0.3, 0.4) is 0 Å². The van der Waals surface area contributed by atoms with Crippen LogP contribution in [0.4, 0.5) is 4.79 Å². The van der Waals surface area contributed by atoms with Gasteiger partial charge in [0.15, 0.2) is 0 Å². The highest BCUT2D eigenvalue weighted by Crippen LogP contribution is 2.47. The molecule has 0 saturated carbocycles. The summed E-state index contributed by atoms with van der Waals surface area (Å²) in [6.07, 6.45) is 4.61. The molecule has 5 nitrogen and oxygen atoms in total. The van der Waals surface area contributed by atoms with Crippen LogP contribution >= 0.6 is 0 Å². The molecular weight excluding hydrogens is 292 g/mol. The molecule has 23 heavy (non-hydrogen) atoms. The highest BCUT2D eigenvalue weighted by atomic mass is 16.5. The second-order valence-electron chi connectivity index (χ2n) is 6.60. The summed E-state index contributed by atoms with van der Waals surface area (Å²) in [6, 6.07) is 6.44. The van der Waals surface area contributed by atoms with Gasteiger partial charge in [-0.3, -0.25) is 0 Å². The van der Waals surface area contributed by atoms with E-state index in [9.17, 15) is 9.90 Å². The third kappa shape index (κ3) is 3.67. The van der Waals surface area contributed by atoms with Gasteiger partial charge in [0.05, 0.1) is 18.8 Å². The molecule has 2 aliphatic rings. The maximum Gasteiger partial charge on any atom is 0.315 e. The number of carbonyl (C=O) groups is 1. The zero-order valence-electron chi connectivity index (χ0n) is 13.7. The Labute approximate surface area is 137 Å². The van der Waals surface area contributed by atoms with Crippen molar-refractivity contribution in [1.82, 2.24) is 10.6 Å². The zero-order valence-corrected chi connectivity index (χ0v) is 13.7. The van der Waals surface area contributed by atoms with Crippen LogP contribution in [0, 0.1) is 0 Å². The summed E-state index contributed by atoms with van der Waals surface area (Å²) in [5, 5.41) is 15.5. The molecule has 3 unspecified atom stereocenters. The van der Waals surface area contributed by atoms with Crippen LogP contribution in [0.5, 0.6) is 0 Å². The van der Waals surface area contributed by atoms with E-state index in [1.54, 1.807) is 7.11 Å². The number of hydrogen-bond donors (Lipinski definition) is 3. The fourth-order valence-electron chi connectivity index (χ4n) is 3.96. The van der Waals surface area contributed by atoms with Crippen molar-refractivity contribution in [3.8, 4) is 0 Å². The van der Waals surface area contributed by atoms with Gasteiger partial charge in [0, 0.05) is 13.7 Å². The summed E-state index contributed by atoms with van der Waals surface area (Å²) in [6.45, 7) is 0.739. The van der Waals surface area contributed by atoms with Gasteiger partial charge in [-0.1, -0.05) is 18.2 Å². The molecule has 0 heterocycles. The fraction of sp³-hybridized carbons (Fsp3) is 0.611. The first-order chi connectivity index (χ1) is 11.2. The lowest BCUT2D eigenvalue weighted by molar-refractivity contribution is 0.0598. The molecule has 2 amide bonds. The molecule has 0 radical (unpaired) electrons. The smallest absolute Gasteiger partial charge is 0.315 e. The van der Waals surface area contributed by atoms with Crippen LogP contribution in [0.15, 0.2) is 18.2 Å². The van der Waals surface area contributed by atoms with Gasteiger partial charge in [-0.15, -0.1) is 0 Å². The summed E-state index contributed by atoms with van der Waals surface area (Å²) in [5.41, 5.74) is 4.24. The largest absolute Gasteiger partial charge is 0.391 e. The van der Waals surface area contributed by atoms with E-state index in [4.69, 9.17) is 4.74 Å². The number of urea groups is 1. The molecule has 3 rings (SSSR count). The molecule has 0 fully saturated rings. The van der Waals surface area contributed by atoms with Gasteiger partial charge in [-0.2, -0.15) is 0 Å². The SMILES string of the molecule is COCC(O)CCNC(=O)NC1CC2CCCc3cccc1c32. The van der Waals surface area contributed by atoms with Crippen LogP contribution in [-0.2, 0) is 11.2 Å². The zero-order chi connectivity index (χ0) is 16.2. The molecule has 126 valence electrons. The van der Waals surface area contributed by atoms with Crippen molar-refractivity contribution in [3.63, 3.8) is 0 Å². The minimum absolute atomic E-state index is 0.108. The minimum Gasteiger partial charge on any atom is -0.391 e. The highest BCUT2D eigenvalue weighted by molar-refractivity contribution is 5.74. The number of ether oxygens (including phenoxy) is 1. The number of aryl methyl sites for hydroxylation is 1. The maximum absolute atomic E-state index is 12.1. The Kier molecular flexibility index (Phi) is 5.18. The van der Waals surface area contributed by atoms with Crippen molar-refractivity contribution in [3.05, 3.63) is 34.9 Å². The lowest BCUT2D eigenvalue weighted by Gasteiger charge is -2.20. The molecule has 0 spiro atoms. The Morgan fingerprint density at radius 2 is 2.35 bits per heavy atom. The number of hydrogen-bond acceptors (Lipinski definition) is 3. The number of nitrogens with one attached hydrogen (secondary N) is 2. The molecule has 2 aliphatic carbocycles. The number of aliphatic hydroxyl groups is 1. The summed E-state index contributed by atoms with van der Waals surface area (Å²) in [5.74, 6) is 0.601. The molecule has 0 saturated heterocycles. The summed E-state index contributed by atoms with van der Waals surface area (Å²) in [7, 11) is 1.55. The van der Waals surface area contributed by atoms with E-state index in [0.29, 0.717) is 25.5 Å². The molecule has 0 aliphatic heterocycles. The van der Waals surface area contributed by atoms with Crippen molar-refractivity contribution in [1.29, 1.82) is 0 Å². The van der Waals surface area contributed by atoms with E-state index in [1.807, 2.05) is 0 Å². The number of amides is 2. The number of carbonyl (C=O) groups excluding carboxylic acids is 1. The Balaban J connectivity index is 1.54. The predicted molar refractivity (Wildman–Crippen MR) is 88.5 cm³/mol. The average Bonchev–Trinajstić information content (AvgIpc) is 2.88. The van der Waals surface area contributed by atoms with Crippen molar-refractivity contribution in [2.45, 2.75) is 50.2 Å². The van der Waals surface area contributed by atoms with E-state index < -0.39 is 6.10 Å². The third-order valence-electron chi connectivity index (χ3n) is 4.96. The van der Waals surface area contributed by atoms with Crippen LogP contribution in [-0.4, -0.2) is 37.5 Å². The van der Waals surface area contributed by atoms with Gasteiger partial charge < -0.3 is 20.5 Å². The van der Waals surface area contributed by atoms with Crippen LogP contribution in [0.25, 0.3) is 0 Å². The molecule has 5 heteroatoms. The Bertz CT molecular complexity index is 561. The van der Waals surface area contributed by atoms with Crippen molar-refractivity contribution in [2.24, 2.45) is 0 Å².